The normalized spacial score (nSPS) is 10.8. The molecular formula is C24H31N3O5. The number of aryl methyl sites for hydroxylation is 1. The summed E-state index contributed by atoms with van der Waals surface area (Å²) < 4.78 is 10.2. The highest BCUT2D eigenvalue weighted by Crippen LogP contribution is 2.14. The Labute approximate surface area is 188 Å². The first-order valence-corrected chi connectivity index (χ1v) is 10.4. The maximum absolute atomic E-state index is 12.2. The lowest BCUT2D eigenvalue weighted by Gasteiger charge is -2.19. The van der Waals surface area contributed by atoms with E-state index in [1.807, 2.05) is 36.4 Å². The topological polar surface area (TPSA) is 106 Å². The zero-order chi connectivity index (χ0) is 23.6. The molecule has 0 unspecified atom stereocenters. The Kier molecular flexibility index (Phi) is 9.07. The third-order valence-corrected chi connectivity index (χ3v) is 4.32. The summed E-state index contributed by atoms with van der Waals surface area (Å²) >= 11 is 0. The molecule has 8 heteroatoms. The molecule has 32 heavy (non-hydrogen) atoms. The average molecular weight is 442 g/mol. The van der Waals surface area contributed by atoms with E-state index in [0.717, 1.165) is 16.9 Å². The first kappa shape index (κ1) is 24.7. The van der Waals surface area contributed by atoms with Crippen LogP contribution < -0.4 is 20.7 Å². The fourth-order valence-electron chi connectivity index (χ4n) is 2.71. The van der Waals surface area contributed by atoms with Crippen molar-refractivity contribution >= 4 is 23.6 Å². The van der Waals surface area contributed by atoms with Crippen molar-refractivity contribution in [3.63, 3.8) is 0 Å². The van der Waals surface area contributed by atoms with Crippen molar-refractivity contribution in [2.24, 2.45) is 0 Å². The van der Waals surface area contributed by atoms with Gasteiger partial charge in [0.15, 0.2) is 0 Å². The van der Waals surface area contributed by atoms with Crippen LogP contribution in [0, 0.1) is 0 Å². The largest absolute Gasteiger partial charge is 0.497 e. The molecule has 0 spiro atoms. The van der Waals surface area contributed by atoms with Gasteiger partial charge in [0.2, 0.25) is 11.8 Å². The van der Waals surface area contributed by atoms with Crippen LogP contribution in [0.5, 0.6) is 5.75 Å². The molecular weight excluding hydrogens is 410 g/mol. The molecule has 2 rings (SSSR count). The van der Waals surface area contributed by atoms with Crippen molar-refractivity contribution < 1.29 is 23.9 Å². The molecule has 2 aromatic rings. The van der Waals surface area contributed by atoms with E-state index in [0.29, 0.717) is 25.1 Å². The monoisotopic (exact) mass is 441 g/mol. The van der Waals surface area contributed by atoms with Gasteiger partial charge >= 0.3 is 6.09 Å². The lowest BCUT2D eigenvalue weighted by molar-refractivity contribution is -0.120. The number of carbonyl (C=O) groups is 3. The van der Waals surface area contributed by atoms with Gasteiger partial charge < -0.3 is 25.4 Å². The van der Waals surface area contributed by atoms with Gasteiger partial charge in [-0.05, 0) is 62.6 Å². The van der Waals surface area contributed by atoms with E-state index in [1.165, 1.54) is 0 Å². The standard InChI is InChI=1S/C24H31N3O5/c1-24(2,3)32-23(30)26-16-22(29)25-15-18-5-10-19(11-6-18)27-21(28)14-9-17-7-12-20(31-4)13-8-17/h5-8,10-13H,9,14-16H2,1-4H3,(H,25,29)(H,26,30)(H,27,28). The quantitative estimate of drug-likeness (QED) is 0.553. The van der Waals surface area contributed by atoms with Gasteiger partial charge in [-0.1, -0.05) is 24.3 Å². The fourth-order valence-corrected chi connectivity index (χ4v) is 2.71. The van der Waals surface area contributed by atoms with Crippen LogP contribution in [0.3, 0.4) is 0 Å². The molecule has 2 aromatic carbocycles. The van der Waals surface area contributed by atoms with Crippen molar-refractivity contribution in [2.45, 2.75) is 45.8 Å². The van der Waals surface area contributed by atoms with E-state index < -0.39 is 11.7 Å². The van der Waals surface area contributed by atoms with Crippen molar-refractivity contribution in [3.05, 3.63) is 59.7 Å². The van der Waals surface area contributed by atoms with Gasteiger partial charge in [-0.2, -0.15) is 0 Å². The van der Waals surface area contributed by atoms with E-state index in [2.05, 4.69) is 16.0 Å². The summed E-state index contributed by atoms with van der Waals surface area (Å²) in [5.41, 5.74) is 2.00. The first-order chi connectivity index (χ1) is 15.1. The highest BCUT2D eigenvalue weighted by Gasteiger charge is 2.16. The predicted molar refractivity (Wildman–Crippen MR) is 122 cm³/mol. The molecule has 0 atom stereocenters. The van der Waals surface area contributed by atoms with Gasteiger partial charge in [-0.3, -0.25) is 9.59 Å². The summed E-state index contributed by atoms with van der Waals surface area (Å²) in [6.45, 7) is 5.39. The first-order valence-electron chi connectivity index (χ1n) is 10.4. The second-order valence-corrected chi connectivity index (χ2v) is 8.23. The molecule has 0 fully saturated rings. The van der Waals surface area contributed by atoms with Crippen LogP contribution in [0.2, 0.25) is 0 Å². The lowest BCUT2D eigenvalue weighted by atomic mass is 10.1. The highest BCUT2D eigenvalue weighted by molar-refractivity contribution is 5.90. The van der Waals surface area contributed by atoms with Crippen molar-refractivity contribution in [2.75, 3.05) is 19.0 Å². The minimum atomic E-state index is -0.639. The number of methoxy groups -OCH3 is 1. The molecule has 0 bridgehead atoms. The second kappa shape index (κ2) is 11.7. The number of benzene rings is 2. The Balaban J connectivity index is 1.70. The van der Waals surface area contributed by atoms with Crippen LogP contribution in [-0.2, 0) is 27.3 Å². The number of anilines is 1. The van der Waals surface area contributed by atoms with Crippen LogP contribution in [0.15, 0.2) is 48.5 Å². The van der Waals surface area contributed by atoms with Crippen molar-refractivity contribution in [1.29, 1.82) is 0 Å². The van der Waals surface area contributed by atoms with Crippen LogP contribution in [0.4, 0.5) is 10.5 Å². The number of nitrogens with one attached hydrogen (secondary N) is 3. The Hall–Kier alpha value is -3.55. The van der Waals surface area contributed by atoms with Crippen LogP contribution in [0.1, 0.15) is 38.3 Å². The molecule has 0 heterocycles. The van der Waals surface area contributed by atoms with Crippen LogP contribution in [-0.4, -0.2) is 37.2 Å². The van der Waals surface area contributed by atoms with Crippen molar-refractivity contribution in [3.8, 4) is 5.75 Å². The summed E-state index contributed by atoms with van der Waals surface area (Å²) in [7, 11) is 1.62. The summed E-state index contributed by atoms with van der Waals surface area (Å²) in [4.78, 5) is 35.6. The Morgan fingerprint density at radius 2 is 1.47 bits per heavy atom. The number of amides is 3. The summed E-state index contributed by atoms with van der Waals surface area (Å²) in [6, 6.07) is 14.8. The Bertz CT molecular complexity index is 903. The minimum absolute atomic E-state index is 0.0740. The minimum Gasteiger partial charge on any atom is -0.497 e. The van der Waals surface area contributed by atoms with Gasteiger partial charge in [-0.15, -0.1) is 0 Å². The summed E-state index contributed by atoms with van der Waals surface area (Å²) in [6.07, 6.45) is 0.367. The molecule has 0 aliphatic heterocycles. The SMILES string of the molecule is COc1ccc(CCC(=O)Nc2ccc(CNC(=O)CNC(=O)OC(C)(C)C)cc2)cc1. The zero-order valence-corrected chi connectivity index (χ0v) is 19.0. The molecule has 172 valence electrons. The summed E-state index contributed by atoms with van der Waals surface area (Å²) in [5.74, 6) is 0.385. The predicted octanol–water partition coefficient (Wildman–Crippen LogP) is 3.41. The number of hydrogen-bond donors (Lipinski definition) is 3. The number of carbonyl (C=O) groups excluding carboxylic acids is 3. The maximum atomic E-state index is 12.2. The van der Waals surface area contributed by atoms with Gasteiger partial charge in [0, 0.05) is 18.7 Å². The van der Waals surface area contributed by atoms with E-state index >= 15 is 0 Å². The molecule has 0 aromatic heterocycles. The molecule has 0 saturated heterocycles. The maximum Gasteiger partial charge on any atom is 0.408 e. The third kappa shape index (κ3) is 9.51. The molecule has 0 radical (unpaired) electrons. The smallest absolute Gasteiger partial charge is 0.408 e. The van der Waals surface area contributed by atoms with E-state index in [4.69, 9.17) is 9.47 Å². The van der Waals surface area contributed by atoms with E-state index in [9.17, 15) is 14.4 Å². The number of ether oxygens (including phenoxy) is 2. The average Bonchev–Trinajstić information content (AvgIpc) is 2.75. The number of alkyl carbamates (subject to hydrolysis) is 1. The van der Waals surface area contributed by atoms with E-state index in [-0.39, 0.29) is 18.4 Å². The van der Waals surface area contributed by atoms with Gasteiger partial charge in [0.1, 0.15) is 17.9 Å². The van der Waals surface area contributed by atoms with Crippen LogP contribution >= 0.6 is 0 Å². The molecule has 3 amide bonds. The molecule has 3 N–H and O–H groups in total. The Morgan fingerprint density at radius 1 is 0.844 bits per heavy atom. The molecule has 0 aliphatic carbocycles. The molecule has 0 saturated carbocycles. The van der Waals surface area contributed by atoms with Gasteiger partial charge in [0.05, 0.1) is 7.11 Å². The van der Waals surface area contributed by atoms with E-state index in [1.54, 1.807) is 40.0 Å². The van der Waals surface area contributed by atoms with Crippen molar-refractivity contribution in [1.82, 2.24) is 10.6 Å². The summed E-state index contributed by atoms with van der Waals surface area (Å²) in [5, 5.41) is 7.99. The van der Waals surface area contributed by atoms with Crippen LogP contribution in [0.25, 0.3) is 0 Å². The molecule has 0 aliphatic rings. The Morgan fingerprint density at radius 3 is 2.06 bits per heavy atom. The lowest BCUT2D eigenvalue weighted by Crippen LogP contribution is -2.39. The zero-order valence-electron chi connectivity index (χ0n) is 19.0. The molecule has 8 nitrogen and oxygen atoms in total. The number of hydrogen-bond acceptors (Lipinski definition) is 5. The van der Waals surface area contributed by atoms with Gasteiger partial charge in [0.25, 0.3) is 0 Å². The van der Waals surface area contributed by atoms with Gasteiger partial charge in [-0.25, -0.2) is 4.79 Å². The fraction of sp³-hybridized carbons (Fsp3) is 0.375. The highest BCUT2D eigenvalue weighted by atomic mass is 16.6. The second-order valence-electron chi connectivity index (χ2n) is 8.23. The third-order valence-electron chi connectivity index (χ3n) is 4.32. The number of rotatable bonds is 9.